The van der Waals surface area contributed by atoms with Crippen LogP contribution in [0.1, 0.15) is 41.9 Å². The largest absolute Gasteiger partial charge is 0.397 e. The molecule has 10 heteroatoms. The lowest BCUT2D eigenvalue weighted by molar-refractivity contribution is -0.170. The maximum absolute atomic E-state index is 13.0. The molecule has 3 aromatic heterocycles. The van der Waals surface area contributed by atoms with Crippen LogP contribution in [0.5, 0.6) is 0 Å². The summed E-state index contributed by atoms with van der Waals surface area (Å²) in [6.45, 7) is 1.88. The Hall–Kier alpha value is -2.92. The van der Waals surface area contributed by atoms with Crippen LogP contribution in [-0.4, -0.2) is 49.4 Å². The van der Waals surface area contributed by atoms with Gasteiger partial charge in [0.2, 0.25) is 0 Å². The Morgan fingerprint density at radius 3 is 2.90 bits per heavy atom. The number of carbonyl (C=O) groups is 1. The molecule has 1 aliphatic heterocycles. The molecule has 1 saturated heterocycles. The van der Waals surface area contributed by atoms with Crippen LogP contribution in [0.2, 0.25) is 0 Å². The van der Waals surface area contributed by atoms with Crippen molar-refractivity contribution in [2.45, 2.75) is 44.2 Å². The lowest BCUT2D eigenvalue weighted by Gasteiger charge is -2.37. The molecule has 0 aromatic carbocycles. The van der Waals surface area contributed by atoms with Gasteiger partial charge in [-0.15, -0.1) is 11.3 Å². The van der Waals surface area contributed by atoms with Crippen LogP contribution in [0, 0.1) is 0 Å². The molecule has 4 heterocycles. The average molecular weight is 442 g/mol. The van der Waals surface area contributed by atoms with Crippen molar-refractivity contribution >= 4 is 28.6 Å². The van der Waals surface area contributed by atoms with Crippen LogP contribution >= 0.6 is 11.3 Å². The number of amides is 1. The van der Waals surface area contributed by atoms with E-state index in [0.29, 0.717) is 28.4 Å². The van der Waals surface area contributed by atoms with Gasteiger partial charge in [-0.1, -0.05) is 6.92 Å². The summed E-state index contributed by atoms with van der Waals surface area (Å²) in [5.41, 5.74) is 7.96. The van der Waals surface area contributed by atoms with Crippen LogP contribution in [-0.2, 0) is 4.74 Å². The van der Waals surface area contributed by atoms with Gasteiger partial charge in [0.05, 0.1) is 41.6 Å². The fourth-order valence-corrected chi connectivity index (χ4v) is 4.19. The monoisotopic (exact) mass is 441 g/mol. The van der Waals surface area contributed by atoms with Crippen molar-refractivity contribution < 1.29 is 19.7 Å². The zero-order valence-electron chi connectivity index (χ0n) is 16.8. The Labute approximate surface area is 183 Å². The summed E-state index contributed by atoms with van der Waals surface area (Å²) in [7, 11) is 0. The van der Waals surface area contributed by atoms with Gasteiger partial charge in [-0.05, 0) is 24.6 Å². The highest BCUT2D eigenvalue weighted by Crippen LogP contribution is 2.36. The van der Waals surface area contributed by atoms with Crippen molar-refractivity contribution in [2.75, 3.05) is 11.1 Å². The van der Waals surface area contributed by atoms with Gasteiger partial charge in [0.1, 0.15) is 11.1 Å². The third-order valence-electron chi connectivity index (χ3n) is 5.21. The van der Waals surface area contributed by atoms with Gasteiger partial charge in [-0.3, -0.25) is 9.78 Å². The van der Waals surface area contributed by atoms with Gasteiger partial charge in [0.25, 0.3) is 5.91 Å². The first-order valence-electron chi connectivity index (χ1n) is 9.91. The first-order valence-corrected chi connectivity index (χ1v) is 10.8. The van der Waals surface area contributed by atoms with Gasteiger partial charge in [-0.2, -0.15) is 0 Å². The first kappa shape index (κ1) is 21.3. The number of aliphatic hydroxyl groups is 2. The number of nitrogens with zero attached hydrogens (tertiary/aromatic N) is 3. The molecule has 31 heavy (non-hydrogen) atoms. The molecule has 0 spiro atoms. The van der Waals surface area contributed by atoms with E-state index in [1.54, 1.807) is 30.6 Å². The Kier molecular flexibility index (Phi) is 6.23. The van der Waals surface area contributed by atoms with Crippen LogP contribution in [0.25, 0.3) is 10.7 Å². The van der Waals surface area contributed by atoms with E-state index in [2.05, 4.69) is 20.3 Å². The van der Waals surface area contributed by atoms with Crippen LogP contribution in [0.3, 0.4) is 0 Å². The molecule has 0 aliphatic carbocycles. The molecule has 9 nitrogen and oxygen atoms in total. The number of hydrogen-bond acceptors (Lipinski definition) is 9. The SMILES string of the molecule is CCC1OC(c2ccncc2NC(=O)c2nc(-c3nccs3)ccc2N)CC(O)C1O. The lowest BCUT2D eigenvalue weighted by atomic mass is 9.92. The Morgan fingerprint density at radius 1 is 1.32 bits per heavy atom. The summed E-state index contributed by atoms with van der Waals surface area (Å²) >= 11 is 1.41. The fourth-order valence-electron chi connectivity index (χ4n) is 3.58. The van der Waals surface area contributed by atoms with Crippen molar-refractivity contribution in [1.82, 2.24) is 15.0 Å². The molecule has 0 saturated carbocycles. The predicted molar refractivity (Wildman–Crippen MR) is 116 cm³/mol. The van der Waals surface area contributed by atoms with Crippen molar-refractivity contribution in [3.05, 3.63) is 53.4 Å². The summed E-state index contributed by atoms with van der Waals surface area (Å²) in [5, 5.41) is 25.7. The number of pyridine rings is 2. The highest BCUT2D eigenvalue weighted by molar-refractivity contribution is 7.13. The molecule has 4 atom stereocenters. The van der Waals surface area contributed by atoms with Gasteiger partial charge >= 0.3 is 0 Å². The molecule has 0 radical (unpaired) electrons. The summed E-state index contributed by atoms with van der Waals surface area (Å²) in [6.07, 6.45) is 2.63. The van der Waals surface area contributed by atoms with Crippen LogP contribution in [0.15, 0.2) is 42.2 Å². The number of aliphatic hydroxyl groups excluding tert-OH is 2. The van der Waals surface area contributed by atoms with E-state index < -0.39 is 30.3 Å². The van der Waals surface area contributed by atoms with Crippen LogP contribution in [0.4, 0.5) is 11.4 Å². The topological polar surface area (TPSA) is 143 Å². The number of nitrogens with one attached hydrogen (secondary N) is 1. The molecule has 1 fully saturated rings. The molecular weight excluding hydrogens is 418 g/mol. The Balaban J connectivity index is 1.60. The minimum atomic E-state index is -0.946. The van der Waals surface area contributed by atoms with E-state index in [-0.39, 0.29) is 17.8 Å². The van der Waals surface area contributed by atoms with Crippen LogP contribution < -0.4 is 11.1 Å². The number of hydrogen-bond donors (Lipinski definition) is 4. The van der Waals surface area contributed by atoms with Gasteiger partial charge < -0.3 is 26.0 Å². The third-order valence-corrected chi connectivity index (χ3v) is 6.01. The van der Waals surface area contributed by atoms with E-state index in [9.17, 15) is 15.0 Å². The van der Waals surface area contributed by atoms with E-state index in [4.69, 9.17) is 10.5 Å². The molecule has 3 aromatic rings. The second-order valence-electron chi connectivity index (χ2n) is 7.25. The van der Waals surface area contributed by atoms with Gasteiger partial charge in [0, 0.05) is 29.8 Å². The first-order chi connectivity index (χ1) is 15.0. The molecule has 0 bridgehead atoms. The lowest BCUT2D eigenvalue weighted by Crippen LogP contribution is -2.45. The molecule has 4 rings (SSSR count). The van der Waals surface area contributed by atoms with Crippen molar-refractivity contribution in [2.24, 2.45) is 0 Å². The number of anilines is 2. The summed E-state index contributed by atoms with van der Waals surface area (Å²) < 4.78 is 5.99. The number of thiazole rings is 1. The maximum Gasteiger partial charge on any atom is 0.276 e. The number of nitrogens with two attached hydrogens (primary N) is 1. The molecule has 1 aliphatic rings. The number of rotatable bonds is 5. The highest BCUT2D eigenvalue weighted by atomic mass is 32.1. The Morgan fingerprint density at radius 2 is 2.16 bits per heavy atom. The second-order valence-corrected chi connectivity index (χ2v) is 8.15. The second kappa shape index (κ2) is 9.06. The Bertz CT molecular complexity index is 1060. The number of carbonyl (C=O) groups excluding carboxylic acids is 1. The number of aromatic nitrogens is 3. The summed E-state index contributed by atoms with van der Waals surface area (Å²) in [5.74, 6) is -0.492. The number of nitrogen functional groups attached to an aromatic ring is 1. The normalized spacial score (nSPS) is 23.5. The van der Waals surface area contributed by atoms with E-state index in [1.165, 1.54) is 17.5 Å². The fraction of sp³-hybridized carbons (Fsp3) is 0.333. The average Bonchev–Trinajstić information content (AvgIpc) is 3.31. The molecule has 5 N–H and O–H groups in total. The summed E-state index contributed by atoms with van der Waals surface area (Å²) in [4.78, 5) is 25.7. The minimum absolute atomic E-state index is 0.0777. The van der Waals surface area contributed by atoms with Gasteiger partial charge in [-0.25, -0.2) is 9.97 Å². The highest BCUT2D eigenvalue weighted by Gasteiger charge is 2.37. The van der Waals surface area contributed by atoms with Crippen molar-refractivity contribution in [1.29, 1.82) is 0 Å². The smallest absolute Gasteiger partial charge is 0.276 e. The van der Waals surface area contributed by atoms with E-state index in [1.807, 2.05) is 12.3 Å². The molecule has 4 unspecified atom stereocenters. The zero-order chi connectivity index (χ0) is 22.0. The number of ether oxygens (including phenoxy) is 1. The summed E-state index contributed by atoms with van der Waals surface area (Å²) in [6, 6.07) is 5.06. The molecular formula is C21H23N5O4S. The molecule has 1 amide bonds. The van der Waals surface area contributed by atoms with E-state index >= 15 is 0 Å². The maximum atomic E-state index is 13.0. The standard InChI is InChI=1S/C21H23N5O4S/c1-2-16-19(28)15(27)9-17(30-16)11-5-6-23-10-14(11)26-20(29)18-12(22)3-4-13(25-18)21-24-7-8-31-21/h3-8,10,15-17,19,27-28H,2,9,22H2,1H3,(H,26,29). The minimum Gasteiger partial charge on any atom is -0.397 e. The zero-order valence-corrected chi connectivity index (χ0v) is 17.6. The van der Waals surface area contributed by atoms with Gasteiger partial charge in [0.15, 0.2) is 5.69 Å². The van der Waals surface area contributed by atoms with E-state index in [0.717, 1.165) is 0 Å². The quantitative estimate of drug-likeness (QED) is 0.472. The van der Waals surface area contributed by atoms with Crippen molar-refractivity contribution in [3.8, 4) is 10.7 Å². The predicted octanol–water partition coefficient (Wildman–Crippen LogP) is 2.40. The molecule has 162 valence electrons. The van der Waals surface area contributed by atoms with Crippen molar-refractivity contribution in [3.63, 3.8) is 0 Å². The third kappa shape index (κ3) is 4.42.